The highest BCUT2D eigenvalue weighted by atomic mass is 19.1. The average Bonchev–Trinajstić information content (AvgIpc) is 3.02. The molecule has 1 aromatic carbocycles. The van der Waals surface area contributed by atoms with Crippen LogP contribution < -0.4 is 10.2 Å². The lowest BCUT2D eigenvalue weighted by Gasteiger charge is -2.16. The molecular formula is C16H17F2N3. The summed E-state index contributed by atoms with van der Waals surface area (Å²) in [5.41, 5.74) is 0.793. The molecular weight excluding hydrogens is 272 g/mol. The first-order chi connectivity index (χ1) is 10.2. The van der Waals surface area contributed by atoms with Crippen LogP contribution in [0.15, 0.2) is 36.5 Å². The lowest BCUT2D eigenvalue weighted by Crippen LogP contribution is -2.18. The molecule has 0 atom stereocenters. The van der Waals surface area contributed by atoms with Crippen LogP contribution in [0.25, 0.3) is 0 Å². The molecule has 1 aromatic heterocycles. The molecule has 110 valence electrons. The quantitative estimate of drug-likeness (QED) is 0.932. The Morgan fingerprint density at radius 1 is 1.05 bits per heavy atom. The summed E-state index contributed by atoms with van der Waals surface area (Å²) in [5.74, 6) is -0.122. The Morgan fingerprint density at radius 2 is 1.76 bits per heavy atom. The van der Waals surface area contributed by atoms with Gasteiger partial charge in [0, 0.05) is 25.2 Å². The largest absolute Gasteiger partial charge is 0.379 e. The zero-order chi connectivity index (χ0) is 14.7. The zero-order valence-electron chi connectivity index (χ0n) is 11.6. The Balaban J connectivity index is 1.65. The Bertz CT molecular complexity index is 587. The second kappa shape index (κ2) is 6.08. The smallest absolute Gasteiger partial charge is 0.131 e. The van der Waals surface area contributed by atoms with E-state index in [4.69, 9.17) is 0 Å². The number of hydrogen-bond acceptors (Lipinski definition) is 3. The van der Waals surface area contributed by atoms with E-state index >= 15 is 0 Å². The van der Waals surface area contributed by atoms with E-state index in [0.717, 1.165) is 24.6 Å². The van der Waals surface area contributed by atoms with E-state index in [0.29, 0.717) is 0 Å². The second-order valence-corrected chi connectivity index (χ2v) is 5.15. The van der Waals surface area contributed by atoms with Gasteiger partial charge in [0.25, 0.3) is 0 Å². The number of rotatable bonds is 4. The van der Waals surface area contributed by atoms with Gasteiger partial charge in [0.15, 0.2) is 0 Å². The van der Waals surface area contributed by atoms with Crippen molar-refractivity contribution in [1.82, 2.24) is 4.98 Å². The van der Waals surface area contributed by atoms with E-state index in [1.54, 1.807) is 6.20 Å². The summed E-state index contributed by atoms with van der Waals surface area (Å²) in [4.78, 5) is 6.63. The van der Waals surface area contributed by atoms with E-state index < -0.39 is 11.6 Å². The number of benzene rings is 1. The van der Waals surface area contributed by atoms with Crippen LogP contribution in [-0.4, -0.2) is 18.1 Å². The first-order valence-corrected chi connectivity index (χ1v) is 7.12. The summed E-state index contributed by atoms with van der Waals surface area (Å²) < 4.78 is 27.0. The van der Waals surface area contributed by atoms with Crippen molar-refractivity contribution in [2.75, 3.05) is 23.3 Å². The maximum atomic E-state index is 13.5. The molecule has 5 heteroatoms. The maximum Gasteiger partial charge on any atom is 0.131 e. The predicted molar refractivity (Wildman–Crippen MR) is 79.4 cm³/mol. The summed E-state index contributed by atoms with van der Waals surface area (Å²) in [6.45, 7) is 2.18. The summed E-state index contributed by atoms with van der Waals surface area (Å²) in [7, 11) is 0. The molecule has 1 saturated heterocycles. The van der Waals surface area contributed by atoms with E-state index in [9.17, 15) is 8.78 Å². The van der Waals surface area contributed by atoms with Crippen molar-refractivity contribution < 1.29 is 8.78 Å². The highest BCUT2D eigenvalue weighted by molar-refractivity contribution is 5.49. The Morgan fingerprint density at radius 3 is 2.38 bits per heavy atom. The van der Waals surface area contributed by atoms with Crippen molar-refractivity contribution in [3.05, 3.63) is 53.7 Å². The van der Waals surface area contributed by atoms with Crippen LogP contribution in [0.1, 0.15) is 18.4 Å². The van der Waals surface area contributed by atoms with Crippen LogP contribution in [-0.2, 0) is 6.54 Å². The summed E-state index contributed by atoms with van der Waals surface area (Å²) in [6, 6.07) is 7.70. The van der Waals surface area contributed by atoms with Crippen molar-refractivity contribution in [3.63, 3.8) is 0 Å². The lowest BCUT2D eigenvalue weighted by atomic mass is 10.2. The first kappa shape index (κ1) is 13.8. The highest BCUT2D eigenvalue weighted by Crippen LogP contribution is 2.20. The topological polar surface area (TPSA) is 28.2 Å². The number of anilines is 2. The van der Waals surface area contributed by atoms with E-state index in [1.165, 1.54) is 31.0 Å². The minimum absolute atomic E-state index is 0.0427. The van der Waals surface area contributed by atoms with E-state index in [-0.39, 0.29) is 12.1 Å². The number of halogens is 2. The molecule has 1 fully saturated rings. The van der Waals surface area contributed by atoms with Crippen LogP contribution in [0.5, 0.6) is 0 Å². The van der Waals surface area contributed by atoms with Crippen LogP contribution in [0.3, 0.4) is 0 Å². The van der Waals surface area contributed by atoms with Gasteiger partial charge < -0.3 is 10.2 Å². The highest BCUT2D eigenvalue weighted by Gasteiger charge is 2.13. The lowest BCUT2D eigenvalue weighted by molar-refractivity contribution is 0.560. The fourth-order valence-corrected chi connectivity index (χ4v) is 2.52. The maximum absolute atomic E-state index is 13.5. The number of pyridine rings is 1. The van der Waals surface area contributed by atoms with E-state index in [2.05, 4.69) is 15.2 Å². The van der Waals surface area contributed by atoms with Gasteiger partial charge in [0.2, 0.25) is 0 Å². The molecule has 2 heterocycles. The third kappa shape index (κ3) is 3.12. The third-order valence-corrected chi connectivity index (χ3v) is 3.71. The normalized spacial score (nSPS) is 14.5. The molecule has 1 aliphatic rings. The van der Waals surface area contributed by atoms with Crippen LogP contribution in [0, 0.1) is 11.6 Å². The molecule has 0 spiro atoms. The van der Waals surface area contributed by atoms with Gasteiger partial charge in [0.1, 0.15) is 17.5 Å². The van der Waals surface area contributed by atoms with Gasteiger partial charge in [-0.1, -0.05) is 6.07 Å². The molecule has 21 heavy (non-hydrogen) atoms. The predicted octanol–water partition coefficient (Wildman–Crippen LogP) is 3.57. The first-order valence-electron chi connectivity index (χ1n) is 7.12. The van der Waals surface area contributed by atoms with Crippen molar-refractivity contribution in [1.29, 1.82) is 0 Å². The van der Waals surface area contributed by atoms with Crippen LogP contribution in [0.4, 0.5) is 20.3 Å². The monoisotopic (exact) mass is 289 g/mol. The van der Waals surface area contributed by atoms with Gasteiger partial charge in [-0.05, 0) is 37.1 Å². The third-order valence-electron chi connectivity index (χ3n) is 3.71. The fraction of sp³-hybridized carbons (Fsp3) is 0.312. The SMILES string of the molecule is Fc1cccc(F)c1CNc1ccc(N2CCCC2)nc1. The molecule has 3 nitrogen and oxygen atoms in total. The van der Waals surface area contributed by atoms with Gasteiger partial charge in [-0.2, -0.15) is 0 Å². The zero-order valence-corrected chi connectivity index (χ0v) is 11.6. The molecule has 3 rings (SSSR count). The minimum Gasteiger partial charge on any atom is -0.379 e. The Labute approximate surface area is 122 Å². The second-order valence-electron chi connectivity index (χ2n) is 5.15. The average molecular weight is 289 g/mol. The molecule has 0 radical (unpaired) electrons. The van der Waals surface area contributed by atoms with Gasteiger partial charge >= 0.3 is 0 Å². The van der Waals surface area contributed by atoms with Crippen molar-refractivity contribution in [2.24, 2.45) is 0 Å². The number of hydrogen-bond donors (Lipinski definition) is 1. The molecule has 0 saturated carbocycles. The molecule has 1 aliphatic heterocycles. The number of nitrogens with zero attached hydrogens (tertiary/aromatic N) is 2. The summed E-state index contributed by atoms with van der Waals surface area (Å²) in [5, 5.41) is 3.00. The van der Waals surface area contributed by atoms with Crippen molar-refractivity contribution in [2.45, 2.75) is 19.4 Å². The fourth-order valence-electron chi connectivity index (χ4n) is 2.52. The van der Waals surface area contributed by atoms with E-state index in [1.807, 2.05) is 12.1 Å². The van der Waals surface area contributed by atoms with Gasteiger partial charge in [0.05, 0.1) is 11.9 Å². The van der Waals surface area contributed by atoms with Gasteiger partial charge in [-0.25, -0.2) is 13.8 Å². The summed E-state index contributed by atoms with van der Waals surface area (Å²) >= 11 is 0. The summed E-state index contributed by atoms with van der Waals surface area (Å²) in [6.07, 6.45) is 4.11. The van der Waals surface area contributed by atoms with Gasteiger partial charge in [-0.3, -0.25) is 0 Å². The molecule has 1 N–H and O–H groups in total. The standard InChI is InChI=1S/C16H17F2N3/c17-14-4-3-5-15(18)13(14)11-19-12-6-7-16(20-10-12)21-8-1-2-9-21/h3-7,10,19H,1-2,8-9,11H2. The number of nitrogens with one attached hydrogen (secondary N) is 1. The minimum atomic E-state index is -0.538. The molecule has 0 amide bonds. The molecule has 0 unspecified atom stereocenters. The Hall–Kier alpha value is -2.17. The van der Waals surface area contributed by atoms with Crippen molar-refractivity contribution in [3.8, 4) is 0 Å². The molecule has 0 bridgehead atoms. The van der Waals surface area contributed by atoms with Crippen LogP contribution in [0.2, 0.25) is 0 Å². The van der Waals surface area contributed by atoms with Crippen molar-refractivity contribution >= 4 is 11.5 Å². The number of aromatic nitrogens is 1. The molecule has 2 aromatic rings. The van der Waals surface area contributed by atoms with Gasteiger partial charge in [-0.15, -0.1) is 0 Å². The van der Waals surface area contributed by atoms with Crippen LogP contribution >= 0.6 is 0 Å². The molecule has 0 aliphatic carbocycles. The Kier molecular flexibility index (Phi) is 3.99.